The van der Waals surface area contributed by atoms with Crippen LogP contribution in [0.2, 0.25) is 0 Å². The van der Waals surface area contributed by atoms with Gasteiger partial charge in [0.2, 0.25) is 0 Å². The number of benzene rings is 1. The third-order valence-corrected chi connectivity index (χ3v) is 1.64. The van der Waals surface area contributed by atoms with Crippen LogP contribution in [0.3, 0.4) is 0 Å². The molecule has 9 heteroatoms. The van der Waals surface area contributed by atoms with Crippen LogP contribution in [-0.2, 0) is 10.4 Å². The first kappa shape index (κ1) is 15.0. The molecule has 0 bridgehead atoms. The summed E-state index contributed by atoms with van der Waals surface area (Å²) in [5.41, 5.74) is -0.222. The van der Waals surface area contributed by atoms with Crippen molar-refractivity contribution in [3.8, 4) is 5.75 Å². The molecule has 0 aliphatic rings. The molecule has 0 aromatic heterocycles. The minimum atomic E-state index is -4.83. The summed E-state index contributed by atoms with van der Waals surface area (Å²) in [6.07, 6.45) is 0. The van der Waals surface area contributed by atoms with Crippen molar-refractivity contribution in [1.29, 1.82) is 0 Å². The average Bonchev–Trinajstić information content (AvgIpc) is 2.02. The van der Waals surface area contributed by atoms with Crippen LogP contribution in [0.4, 0.5) is 5.69 Å². The van der Waals surface area contributed by atoms with E-state index in [0.29, 0.717) is 0 Å². The van der Waals surface area contributed by atoms with Gasteiger partial charge in [-0.15, -0.1) is 0 Å². The molecule has 0 unspecified atom stereocenters. The number of hydrogen-bond donors (Lipinski definition) is 0. The molecule has 0 fully saturated rings. The van der Waals surface area contributed by atoms with Crippen LogP contribution in [0.1, 0.15) is 0 Å². The van der Waals surface area contributed by atoms with Crippen molar-refractivity contribution in [3.63, 3.8) is 0 Å². The summed E-state index contributed by atoms with van der Waals surface area (Å²) in [7, 11) is -4.83. The Labute approximate surface area is 128 Å². The predicted octanol–water partition coefficient (Wildman–Crippen LogP) is -2.56. The summed E-state index contributed by atoms with van der Waals surface area (Å²) in [5.74, 6) is -0.259. The summed E-state index contributed by atoms with van der Waals surface area (Å²) >= 11 is 0. The van der Waals surface area contributed by atoms with E-state index in [4.69, 9.17) is 0 Å². The predicted molar refractivity (Wildman–Crippen MR) is 43.4 cm³/mol. The first-order valence-corrected chi connectivity index (χ1v) is 4.61. The van der Waals surface area contributed by atoms with Gasteiger partial charge in [-0.05, 0) is 12.1 Å². The molecular formula is C6H4KNO6S. The molecule has 15 heavy (non-hydrogen) atoms. The standard InChI is InChI=1S/C6H5NO6S.K/c8-7(9)5-1-3-6(4-2-5)13-14(10,11)12;/h1-4H,(H,10,11,12);/q;+1/p-1. The summed E-state index contributed by atoms with van der Waals surface area (Å²) in [6, 6.07) is 4.10. The Bertz CT molecular complexity index is 441. The fourth-order valence-electron chi connectivity index (χ4n) is 0.741. The van der Waals surface area contributed by atoms with Gasteiger partial charge in [0.25, 0.3) is 16.1 Å². The van der Waals surface area contributed by atoms with E-state index in [0.717, 1.165) is 24.3 Å². The molecule has 0 radical (unpaired) electrons. The van der Waals surface area contributed by atoms with Gasteiger partial charge in [0.1, 0.15) is 5.75 Å². The zero-order valence-corrected chi connectivity index (χ0v) is 11.6. The molecule has 0 spiro atoms. The quantitative estimate of drug-likeness (QED) is 0.194. The van der Waals surface area contributed by atoms with Gasteiger partial charge in [0, 0.05) is 12.1 Å². The van der Waals surface area contributed by atoms with Crippen LogP contribution in [-0.4, -0.2) is 17.9 Å². The van der Waals surface area contributed by atoms with Crippen molar-refractivity contribution in [1.82, 2.24) is 0 Å². The van der Waals surface area contributed by atoms with Gasteiger partial charge < -0.3 is 8.74 Å². The van der Waals surface area contributed by atoms with Gasteiger partial charge in [-0.25, -0.2) is 8.42 Å². The Kier molecular flexibility index (Phi) is 5.88. The van der Waals surface area contributed by atoms with Gasteiger partial charge in [0.15, 0.2) is 0 Å². The molecular weight excluding hydrogens is 253 g/mol. The number of hydrogen-bond acceptors (Lipinski definition) is 6. The molecule has 0 aliphatic heterocycles. The summed E-state index contributed by atoms with van der Waals surface area (Å²) < 4.78 is 34.3. The fraction of sp³-hybridized carbons (Fsp3) is 0. The number of rotatable bonds is 3. The van der Waals surface area contributed by atoms with Crippen LogP contribution < -0.4 is 55.6 Å². The molecule has 1 aromatic carbocycles. The van der Waals surface area contributed by atoms with Gasteiger partial charge in [0.05, 0.1) is 4.92 Å². The summed E-state index contributed by atoms with van der Waals surface area (Å²) in [4.78, 5) is 9.52. The number of nitro groups is 1. The van der Waals surface area contributed by atoms with Gasteiger partial charge in [-0.2, -0.15) is 0 Å². The summed E-state index contributed by atoms with van der Waals surface area (Å²) in [6.45, 7) is 0. The van der Waals surface area contributed by atoms with E-state index in [1.54, 1.807) is 0 Å². The van der Waals surface area contributed by atoms with E-state index in [1.807, 2.05) is 0 Å². The average molecular weight is 257 g/mol. The van der Waals surface area contributed by atoms with Gasteiger partial charge >= 0.3 is 51.4 Å². The monoisotopic (exact) mass is 257 g/mol. The van der Waals surface area contributed by atoms with Gasteiger partial charge in [-0.1, -0.05) is 0 Å². The molecule has 0 atom stereocenters. The van der Waals surface area contributed by atoms with E-state index in [1.165, 1.54) is 0 Å². The van der Waals surface area contributed by atoms with E-state index >= 15 is 0 Å². The largest absolute Gasteiger partial charge is 1.00 e. The van der Waals surface area contributed by atoms with E-state index in [9.17, 15) is 23.1 Å². The topological polar surface area (TPSA) is 110 Å². The molecule has 0 heterocycles. The molecule has 1 rings (SSSR count). The molecule has 0 N–H and O–H groups in total. The fourth-order valence-corrected chi connectivity index (χ4v) is 1.09. The Morgan fingerprint density at radius 2 is 1.67 bits per heavy atom. The minimum absolute atomic E-state index is 0. The van der Waals surface area contributed by atoms with Gasteiger partial charge in [-0.3, -0.25) is 10.1 Å². The van der Waals surface area contributed by atoms with Crippen LogP contribution >= 0.6 is 0 Å². The maximum atomic E-state index is 10.2. The smallest absolute Gasteiger partial charge is 0.716 e. The first-order chi connectivity index (χ1) is 6.38. The van der Waals surface area contributed by atoms with Crippen molar-refractivity contribution in [2.24, 2.45) is 0 Å². The van der Waals surface area contributed by atoms with Crippen molar-refractivity contribution < 1.29 is 73.5 Å². The van der Waals surface area contributed by atoms with Crippen LogP contribution in [0.15, 0.2) is 24.3 Å². The maximum absolute atomic E-state index is 10.2. The first-order valence-electron chi connectivity index (χ1n) is 3.28. The second-order valence-corrected chi connectivity index (χ2v) is 3.23. The van der Waals surface area contributed by atoms with Crippen molar-refractivity contribution in [3.05, 3.63) is 34.4 Å². The molecule has 1 aromatic rings. The number of nitro benzene ring substituents is 1. The SMILES string of the molecule is O=[N+]([O-])c1ccc(OS(=O)(=O)[O-])cc1.[K+]. The van der Waals surface area contributed by atoms with Crippen molar-refractivity contribution in [2.45, 2.75) is 0 Å². The summed E-state index contributed by atoms with van der Waals surface area (Å²) in [5, 5.41) is 10.2. The molecule has 0 amide bonds. The van der Waals surface area contributed by atoms with E-state index in [2.05, 4.69) is 4.18 Å². The second kappa shape index (κ2) is 5.89. The number of non-ortho nitro benzene ring substituents is 1. The van der Waals surface area contributed by atoms with Crippen molar-refractivity contribution in [2.75, 3.05) is 0 Å². The Morgan fingerprint density at radius 1 is 1.20 bits per heavy atom. The molecule has 0 saturated carbocycles. The molecule has 0 aliphatic carbocycles. The maximum Gasteiger partial charge on any atom is 1.00 e. The van der Waals surface area contributed by atoms with Crippen LogP contribution in [0.5, 0.6) is 5.75 Å². The molecule has 76 valence electrons. The number of nitrogens with zero attached hydrogens (tertiary/aromatic N) is 1. The Balaban J connectivity index is 0.00000196. The molecule has 0 saturated heterocycles. The zero-order chi connectivity index (χ0) is 10.8. The molecule has 7 nitrogen and oxygen atoms in total. The van der Waals surface area contributed by atoms with Crippen LogP contribution in [0.25, 0.3) is 0 Å². The third kappa shape index (κ3) is 5.56. The zero-order valence-electron chi connectivity index (χ0n) is 7.61. The second-order valence-electron chi connectivity index (χ2n) is 2.24. The third-order valence-electron chi connectivity index (χ3n) is 1.25. The minimum Gasteiger partial charge on any atom is -0.716 e. The van der Waals surface area contributed by atoms with Crippen molar-refractivity contribution >= 4 is 16.1 Å². The Morgan fingerprint density at radius 3 is 2.00 bits per heavy atom. The normalized spacial score (nSPS) is 10.2. The van der Waals surface area contributed by atoms with Crippen LogP contribution in [0, 0.1) is 10.1 Å². The Hall–Kier alpha value is -0.0336. The van der Waals surface area contributed by atoms with E-state index in [-0.39, 0.29) is 62.8 Å². The van der Waals surface area contributed by atoms with E-state index < -0.39 is 15.3 Å².